The van der Waals surface area contributed by atoms with Crippen molar-refractivity contribution in [3.63, 3.8) is 0 Å². The summed E-state index contributed by atoms with van der Waals surface area (Å²) in [5.41, 5.74) is 0. The van der Waals surface area contributed by atoms with Crippen LogP contribution in [0.5, 0.6) is 0 Å². The molecule has 0 aliphatic heterocycles. The maximum atomic E-state index is 11.8. The Hall–Kier alpha value is -0.910. The Morgan fingerprint density at radius 2 is 2.11 bits per heavy atom. The van der Waals surface area contributed by atoms with Crippen molar-refractivity contribution in [1.82, 2.24) is 10.6 Å². The van der Waals surface area contributed by atoms with Gasteiger partial charge in [0.25, 0.3) is 0 Å². The predicted octanol–water partition coefficient (Wildman–Crippen LogP) is 0.443. The molecular formula is C10H21N2O5P. The van der Waals surface area contributed by atoms with Crippen LogP contribution in [0.2, 0.25) is 0 Å². The van der Waals surface area contributed by atoms with Gasteiger partial charge in [-0.1, -0.05) is 20.3 Å². The molecule has 7 nitrogen and oxygen atoms in total. The van der Waals surface area contributed by atoms with Gasteiger partial charge in [-0.05, 0) is 12.8 Å². The highest BCUT2D eigenvalue weighted by molar-refractivity contribution is 7.52. The summed E-state index contributed by atoms with van der Waals surface area (Å²) in [6.07, 6.45) is 0.672. The van der Waals surface area contributed by atoms with Gasteiger partial charge in [0.15, 0.2) is 0 Å². The molecule has 0 spiro atoms. The second-order valence-corrected chi connectivity index (χ2v) is 5.75. The molecule has 0 aromatic rings. The summed E-state index contributed by atoms with van der Waals surface area (Å²) in [7, 11) is -3.79. The first-order valence-electron chi connectivity index (χ1n) is 5.81. The monoisotopic (exact) mass is 280 g/mol. The summed E-state index contributed by atoms with van der Waals surface area (Å²) >= 11 is 0. The molecule has 3 N–H and O–H groups in total. The van der Waals surface area contributed by atoms with Gasteiger partial charge in [0.05, 0.1) is 6.61 Å². The third kappa shape index (κ3) is 6.14. The predicted molar refractivity (Wildman–Crippen MR) is 66.9 cm³/mol. The van der Waals surface area contributed by atoms with Gasteiger partial charge >= 0.3 is 7.60 Å². The fourth-order valence-electron chi connectivity index (χ4n) is 1.34. The number of carbonyl (C=O) groups is 2. The summed E-state index contributed by atoms with van der Waals surface area (Å²) < 4.78 is 16.0. The lowest BCUT2D eigenvalue weighted by Gasteiger charge is -2.22. The Morgan fingerprint density at radius 3 is 2.56 bits per heavy atom. The number of amides is 2. The molecule has 0 heterocycles. The van der Waals surface area contributed by atoms with E-state index in [9.17, 15) is 19.0 Å². The molecule has 106 valence electrons. The Bertz CT molecular complexity index is 323. The van der Waals surface area contributed by atoms with Crippen LogP contribution in [0.25, 0.3) is 0 Å². The maximum absolute atomic E-state index is 11.8. The molecular weight excluding hydrogens is 259 g/mol. The van der Waals surface area contributed by atoms with E-state index in [4.69, 9.17) is 0 Å². The highest BCUT2D eigenvalue weighted by Crippen LogP contribution is 2.39. The van der Waals surface area contributed by atoms with Crippen LogP contribution >= 0.6 is 7.60 Å². The lowest BCUT2D eigenvalue weighted by Crippen LogP contribution is -2.47. The molecule has 0 bridgehead atoms. The molecule has 3 atom stereocenters. The van der Waals surface area contributed by atoms with Crippen LogP contribution < -0.4 is 10.6 Å². The van der Waals surface area contributed by atoms with Gasteiger partial charge in [-0.25, -0.2) is 0 Å². The molecule has 0 aromatic carbocycles. The number of nitrogens with one attached hydrogen (secondary N) is 2. The van der Waals surface area contributed by atoms with Gasteiger partial charge in [0.2, 0.25) is 12.3 Å². The third-order valence-corrected chi connectivity index (χ3v) is 3.75. The number of rotatable bonds is 9. The Kier molecular flexibility index (Phi) is 7.82. The van der Waals surface area contributed by atoms with E-state index in [1.807, 2.05) is 13.8 Å². The second kappa shape index (κ2) is 8.24. The lowest BCUT2D eigenvalue weighted by atomic mass is 9.99. The number of hydrogen-bond donors (Lipinski definition) is 3. The van der Waals surface area contributed by atoms with Crippen molar-refractivity contribution < 1.29 is 23.6 Å². The topological polar surface area (TPSA) is 105 Å². The van der Waals surface area contributed by atoms with E-state index in [-0.39, 0.29) is 12.5 Å². The van der Waals surface area contributed by atoms with Crippen molar-refractivity contribution in [2.45, 2.75) is 33.2 Å². The first kappa shape index (κ1) is 17.1. The highest BCUT2D eigenvalue weighted by Gasteiger charge is 2.26. The van der Waals surface area contributed by atoms with Gasteiger partial charge in [-0.3, -0.25) is 14.2 Å². The van der Waals surface area contributed by atoms with Crippen LogP contribution in [0.1, 0.15) is 27.2 Å². The van der Waals surface area contributed by atoms with Gasteiger partial charge in [0.1, 0.15) is 12.3 Å². The zero-order chi connectivity index (χ0) is 14.2. The zero-order valence-electron chi connectivity index (χ0n) is 10.9. The number of carbonyl (C=O) groups excluding carboxylic acids is 2. The van der Waals surface area contributed by atoms with Crippen LogP contribution in [0, 0.1) is 5.92 Å². The highest BCUT2D eigenvalue weighted by atomic mass is 31.2. The Morgan fingerprint density at radius 1 is 1.50 bits per heavy atom. The van der Waals surface area contributed by atoms with E-state index < -0.39 is 25.8 Å². The van der Waals surface area contributed by atoms with Crippen molar-refractivity contribution >= 4 is 19.9 Å². The standard InChI is InChI=1S/C10H21N2O5P/c1-4-8(3)9(11-6-13)10(14)12-7-18(15,16)17-5-2/h6,8-9H,4-5,7H2,1-3H3,(H,11,13)(H,12,14)(H,15,16)/t8?,9-/m0/s1. The summed E-state index contributed by atoms with van der Waals surface area (Å²) in [4.78, 5) is 31.5. The van der Waals surface area contributed by atoms with Crippen LogP contribution in [0.3, 0.4) is 0 Å². The van der Waals surface area contributed by atoms with E-state index in [0.717, 1.165) is 0 Å². The fraction of sp³-hybridized carbons (Fsp3) is 0.800. The van der Waals surface area contributed by atoms with Crippen molar-refractivity contribution in [2.24, 2.45) is 5.92 Å². The average Bonchev–Trinajstić information content (AvgIpc) is 2.32. The fourth-order valence-corrected chi connectivity index (χ4v) is 2.19. The quantitative estimate of drug-likeness (QED) is 0.420. The molecule has 2 unspecified atom stereocenters. The molecule has 8 heteroatoms. The molecule has 0 aliphatic carbocycles. The molecule has 0 radical (unpaired) electrons. The largest absolute Gasteiger partial charge is 0.347 e. The van der Waals surface area contributed by atoms with E-state index >= 15 is 0 Å². The lowest BCUT2D eigenvalue weighted by molar-refractivity contribution is -0.126. The van der Waals surface area contributed by atoms with Crippen molar-refractivity contribution in [1.29, 1.82) is 0 Å². The van der Waals surface area contributed by atoms with Crippen LogP contribution in [-0.2, 0) is 18.7 Å². The summed E-state index contributed by atoms with van der Waals surface area (Å²) in [6.45, 7) is 5.36. The molecule has 0 aliphatic rings. The minimum absolute atomic E-state index is 0.0691. The van der Waals surface area contributed by atoms with E-state index in [0.29, 0.717) is 12.8 Å². The summed E-state index contributed by atoms with van der Waals surface area (Å²) in [5, 5.41) is 4.71. The zero-order valence-corrected chi connectivity index (χ0v) is 11.8. The van der Waals surface area contributed by atoms with Gasteiger partial charge in [-0.2, -0.15) is 0 Å². The number of hydrogen-bond acceptors (Lipinski definition) is 4. The Balaban J connectivity index is 4.43. The smallest absolute Gasteiger partial charge is 0.347 e. The minimum Gasteiger partial charge on any atom is -0.347 e. The van der Waals surface area contributed by atoms with Gasteiger partial charge in [-0.15, -0.1) is 0 Å². The Labute approximate surface area is 107 Å². The second-order valence-electron chi connectivity index (χ2n) is 3.90. The molecule has 0 rings (SSSR count). The third-order valence-electron chi connectivity index (χ3n) is 2.53. The van der Waals surface area contributed by atoms with E-state index in [1.54, 1.807) is 6.92 Å². The summed E-state index contributed by atoms with van der Waals surface area (Å²) in [5.74, 6) is -0.564. The minimum atomic E-state index is -3.79. The molecule has 2 amide bonds. The van der Waals surface area contributed by atoms with Gasteiger partial charge in [0, 0.05) is 0 Å². The van der Waals surface area contributed by atoms with Gasteiger partial charge < -0.3 is 20.1 Å². The van der Waals surface area contributed by atoms with Crippen molar-refractivity contribution in [2.75, 3.05) is 12.9 Å². The average molecular weight is 280 g/mol. The molecule has 18 heavy (non-hydrogen) atoms. The van der Waals surface area contributed by atoms with Crippen molar-refractivity contribution in [3.05, 3.63) is 0 Å². The van der Waals surface area contributed by atoms with Crippen molar-refractivity contribution in [3.8, 4) is 0 Å². The molecule has 0 saturated heterocycles. The van der Waals surface area contributed by atoms with E-state index in [1.165, 1.54) is 0 Å². The maximum Gasteiger partial charge on any atom is 0.347 e. The summed E-state index contributed by atoms with van der Waals surface area (Å²) in [6, 6.07) is -0.714. The molecule has 0 aromatic heterocycles. The van der Waals surface area contributed by atoms with Crippen LogP contribution in [0.15, 0.2) is 0 Å². The SMILES string of the molecule is CCOP(=O)(O)CNC(=O)[C@@H](NC=O)C(C)CC. The van der Waals surface area contributed by atoms with Crippen LogP contribution in [-0.4, -0.2) is 36.1 Å². The first-order valence-corrected chi connectivity index (χ1v) is 7.58. The normalized spacial score (nSPS) is 17.3. The van der Waals surface area contributed by atoms with Crippen LogP contribution in [0.4, 0.5) is 0 Å². The van der Waals surface area contributed by atoms with E-state index in [2.05, 4.69) is 15.2 Å². The first-order chi connectivity index (χ1) is 8.37. The molecule has 0 saturated carbocycles. The molecule has 0 fully saturated rings.